The smallest absolute Gasteiger partial charge is 0.271 e. The van der Waals surface area contributed by atoms with Gasteiger partial charge in [-0.1, -0.05) is 47.5 Å². The molecule has 0 fully saturated rings. The van der Waals surface area contributed by atoms with Gasteiger partial charge in [-0.05, 0) is 44.0 Å². The van der Waals surface area contributed by atoms with Crippen LogP contribution >= 0.6 is 11.6 Å². The second kappa shape index (κ2) is 8.92. The van der Waals surface area contributed by atoms with Crippen LogP contribution in [0.25, 0.3) is 5.69 Å². The third-order valence-corrected chi connectivity index (χ3v) is 4.66. The number of benzene rings is 2. The number of nitrogens with one attached hydrogen (secondary N) is 1. The Morgan fingerprint density at radius 1 is 1.14 bits per heavy atom. The number of rotatable bonds is 6. The maximum atomic E-state index is 12.4. The third-order valence-electron chi connectivity index (χ3n) is 4.43. The molecule has 0 saturated heterocycles. The Morgan fingerprint density at radius 3 is 2.59 bits per heavy atom. The van der Waals surface area contributed by atoms with Gasteiger partial charge >= 0.3 is 0 Å². The van der Waals surface area contributed by atoms with E-state index < -0.39 is 6.10 Å². The van der Waals surface area contributed by atoms with Crippen molar-refractivity contribution in [2.45, 2.75) is 33.4 Å². The Labute approximate surface area is 174 Å². The van der Waals surface area contributed by atoms with Crippen molar-refractivity contribution in [1.29, 1.82) is 0 Å². The predicted molar refractivity (Wildman–Crippen MR) is 113 cm³/mol. The highest BCUT2D eigenvalue weighted by atomic mass is 35.5. The lowest BCUT2D eigenvalue weighted by Crippen LogP contribution is -2.36. The number of carbonyl (C=O) groups is 1. The number of amides is 1. The van der Waals surface area contributed by atoms with Gasteiger partial charge in [-0.2, -0.15) is 4.68 Å². The molecule has 0 unspecified atom stereocenters. The standard InChI is InChI=1S/C22H22ClN3O3/c1-14-4-7-17(8-5-14)13-24-22(28)16(3)29-20-10-11-21(27)26(25-20)19-12-18(23)9-6-15(19)2/h4-12,16H,13H2,1-3H3,(H,24,28)/t16-/m0/s1. The van der Waals surface area contributed by atoms with Gasteiger partial charge in [0.1, 0.15) is 0 Å². The average molecular weight is 412 g/mol. The monoisotopic (exact) mass is 411 g/mol. The first-order valence-corrected chi connectivity index (χ1v) is 9.58. The molecule has 0 bridgehead atoms. The van der Waals surface area contributed by atoms with E-state index in [1.807, 2.05) is 38.1 Å². The zero-order chi connectivity index (χ0) is 21.0. The van der Waals surface area contributed by atoms with E-state index in [2.05, 4.69) is 10.4 Å². The van der Waals surface area contributed by atoms with Crippen molar-refractivity contribution in [3.63, 3.8) is 0 Å². The quantitative estimate of drug-likeness (QED) is 0.672. The van der Waals surface area contributed by atoms with Crippen LogP contribution in [0, 0.1) is 13.8 Å². The number of hydrogen-bond acceptors (Lipinski definition) is 4. The highest BCUT2D eigenvalue weighted by Crippen LogP contribution is 2.18. The van der Waals surface area contributed by atoms with E-state index in [0.717, 1.165) is 16.7 Å². The van der Waals surface area contributed by atoms with Gasteiger partial charge < -0.3 is 10.1 Å². The fourth-order valence-corrected chi connectivity index (χ4v) is 2.88. The van der Waals surface area contributed by atoms with E-state index in [-0.39, 0.29) is 17.3 Å². The molecule has 1 aromatic heterocycles. The summed E-state index contributed by atoms with van der Waals surface area (Å²) in [5.41, 5.74) is 3.24. The molecule has 2 aromatic carbocycles. The van der Waals surface area contributed by atoms with Gasteiger partial charge in [0.25, 0.3) is 11.5 Å². The fraction of sp³-hybridized carbons (Fsp3) is 0.227. The minimum absolute atomic E-state index is 0.168. The summed E-state index contributed by atoms with van der Waals surface area (Å²) in [6.45, 7) is 5.90. The minimum Gasteiger partial charge on any atom is -0.464 e. The maximum Gasteiger partial charge on any atom is 0.271 e. The van der Waals surface area contributed by atoms with Crippen molar-refractivity contribution in [2.75, 3.05) is 0 Å². The number of ether oxygens (including phenoxy) is 1. The molecule has 1 atom stereocenters. The lowest BCUT2D eigenvalue weighted by atomic mass is 10.1. The Kier molecular flexibility index (Phi) is 6.34. The first-order valence-electron chi connectivity index (χ1n) is 9.20. The molecule has 0 spiro atoms. The van der Waals surface area contributed by atoms with Crippen LogP contribution in [0.15, 0.2) is 59.4 Å². The van der Waals surface area contributed by atoms with Crippen molar-refractivity contribution in [3.8, 4) is 11.6 Å². The molecular formula is C22H22ClN3O3. The average Bonchev–Trinajstić information content (AvgIpc) is 2.70. The van der Waals surface area contributed by atoms with E-state index in [1.165, 1.54) is 16.8 Å². The SMILES string of the molecule is Cc1ccc(CNC(=O)[C@H](C)Oc2ccc(=O)n(-c3cc(Cl)ccc3C)n2)cc1. The van der Waals surface area contributed by atoms with E-state index >= 15 is 0 Å². The second-order valence-electron chi connectivity index (χ2n) is 6.82. The Morgan fingerprint density at radius 2 is 1.86 bits per heavy atom. The van der Waals surface area contributed by atoms with Gasteiger partial charge in [0.2, 0.25) is 5.88 Å². The first kappa shape index (κ1) is 20.6. The normalized spacial score (nSPS) is 11.7. The van der Waals surface area contributed by atoms with Crippen LogP contribution in [-0.4, -0.2) is 21.8 Å². The summed E-state index contributed by atoms with van der Waals surface area (Å²) in [6, 6.07) is 15.9. The lowest BCUT2D eigenvalue weighted by molar-refractivity contribution is -0.127. The summed E-state index contributed by atoms with van der Waals surface area (Å²) >= 11 is 6.05. The van der Waals surface area contributed by atoms with Crippen molar-refractivity contribution in [3.05, 3.63) is 86.7 Å². The topological polar surface area (TPSA) is 73.2 Å². The predicted octanol–water partition coefficient (Wildman–Crippen LogP) is 3.59. The van der Waals surface area contributed by atoms with Gasteiger partial charge in [0.15, 0.2) is 6.10 Å². The van der Waals surface area contributed by atoms with Gasteiger partial charge in [0.05, 0.1) is 5.69 Å². The zero-order valence-electron chi connectivity index (χ0n) is 16.5. The largest absolute Gasteiger partial charge is 0.464 e. The summed E-state index contributed by atoms with van der Waals surface area (Å²) < 4.78 is 6.87. The third kappa shape index (κ3) is 5.23. The fourth-order valence-electron chi connectivity index (χ4n) is 2.71. The Hall–Kier alpha value is -3.12. The molecule has 0 aliphatic carbocycles. The maximum absolute atomic E-state index is 12.4. The number of nitrogens with zero attached hydrogens (tertiary/aromatic N) is 2. The van der Waals surface area contributed by atoms with Gasteiger partial charge in [-0.25, -0.2) is 0 Å². The van der Waals surface area contributed by atoms with Crippen LogP contribution in [0.5, 0.6) is 5.88 Å². The molecule has 3 rings (SSSR count). The molecule has 3 aromatic rings. The number of aromatic nitrogens is 2. The van der Waals surface area contributed by atoms with Gasteiger partial charge in [0, 0.05) is 23.7 Å². The van der Waals surface area contributed by atoms with E-state index in [0.29, 0.717) is 17.3 Å². The molecule has 7 heteroatoms. The van der Waals surface area contributed by atoms with Crippen molar-refractivity contribution in [2.24, 2.45) is 0 Å². The van der Waals surface area contributed by atoms with Crippen LogP contribution < -0.4 is 15.6 Å². The van der Waals surface area contributed by atoms with Gasteiger partial charge in [-0.15, -0.1) is 5.10 Å². The second-order valence-corrected chi connectivity index (χ2v) is 7.25. The van der Waals surface area contributed by atoms with Crippen LogP contribution in [-0.2, 0) is 11.3 Å². The molecule has 1 N–H and O–H groups in total. The van der Waals surface area contributed by atoms with Crippen LogP contribution in [0.3, 0.4) is 0 Å². The molecule has 0 aliphatic rings. The number of carbonyl (C=O) groups excluding carboxylic acids is 1. The molecule has 0 aliphatic heterocycles. The molecule has 150 valence electrons. The van der Waals surface area contributed by atoms with Crippen LogP contribution in [0.4, 0.5) is 0 Å². The Bertz CT molecular complexity index is 1080. The van der Waals surface area contributed by atoms with E-state index in [4.69, 9.17) is 16.3 Å². The van der Waals surface area contributed by atoms with E-state index in [9.17, 15) is 9.59 Å². The summed E-state index contributed by atoms with van der Waals surface area (Å²) in [4.78, 5) is 24.6. The van der Waals surface area contributed by atoms with Crippen molar-refractivity contribution < 1.29 is 9.53 Å². The molecule has 29 heavy (non-hydrogen) atoms. The van der Waals surface area contributed by atoms with Crippen LogP contribution in [0.1, 0.15) is 23.6 Å². The summed E-state index contributed by atoms with van der Waals surface area (Å²) in [5, 5.41) is 7.57. The minimum atomic E-state index is -0.778. The highest BCUT2D eigenvalue weighted by Gasteiger charge is 2.16. The molecular weight excluding hydrogens is 390 g/mol. The van der Waals surface area contributed by atoms with Crippen molar-refractivity contribution in [1.82, 2.24) is 15.1 Å². The number of halogens is 1. The molecule has 0 saturated carbocycles. The number of hydrogen-bond donors (Lipinski definition) is 1. The van der Waals surface area contributed by atoms with Crippen molar-refractivity contribution >= 4 is 17.5 Å². The molecule has 0 radical (unpaired) electrons. The van der Waals surface area contributed by atoms with Gasteiger partial charge in [-0.3, -0.25) is 9.59 Å². The lowest BCUT2D eigenvalue weighted by Gasteiger charge is -2.15. The summed E-state index contributed by atoms with van der Waals surface area (Å²) in [5.74, 6) is -0.106. The summed E-state index contributed by atoms with van der Waals surface area (Å²) in [7, 11) is 0. The van der Waals surface area contributed by atoms with Crippen LogP contribution in [0.2, 0.25) is 5.02 Å². The van der Waals surface area contributed by atoms with E-state index in [1.54, 1.807) is 25.1 Å². The number of aryl methyl sites for hydroxylation is 2. The summed E-state index contributed by atoms with van der Waals surface area (Å²) in [6.07, 6.45) is -0.778. The molecule has 1 heterocycles. The molecule has 1 amide bonds. The first-order chi connectivity index (χ1) is 13.8. The molecule has 6 nitrogen and oxygen atoms in total. The Balaban J connectivity index is 1.71. The zero-order valence-corrected chi connectivity index (χ0v) is 17.2. The highest BCUT2D eigenvalue weighted by molar-refractivity contribution is 6.30.